The van der Waals surface area contributed by atoms with Gasteiger partial charge in [-0.2, -0.15) is 0 Å². The summed E-state index contributed by atoms with van der Waals surface area (Å²) in [5.41, 5.74) is 4.95. The van der Waals surface area contributed by atoms with Crippen LogP contribution in [0.1, 0.15) is 11.1 Å². The van der Waals surface area contributed by atoms with Crippen LogP contribution in [0.2, 0.25) is 0 Å². The summed E-state index contributed by atoms with van der Waals surface area (Å²) >= 11 is 0. The van der Waals surface area contributed by atoms with Crippen molar-refractivity contribution in [2.45, 2.75) is 6.42 Å². The molecule has 0 amide bonds. The molecule has 0 N–H and O–H groups in total. The Kier molecular flexibility index (Phi) is 3.97. The molecule has 2 nitrogen and oxygen atoms in total. The molecule has 0 saturated heterocycles. The molecule has 0 aliphatic carbocycles. The van der Waals surface area contributed by atoms with E-state index in [2.05, 4.69) is 53.5 Å². The molecule has 21 heavy (non-hydrogen) atoms. The van der Waals surface area contributed by atoms with E-state index in [1.807, 2.05) is 24.5 Å². The summed E-state index contributed by atoms with van der Waals surface area (Å²) in [5, 5.41) is 0. The summed E-state index contributed by atoms with van der Waals surface area (Å²) in [7, 11) is 1.69. The zero-order valence-electron chi connectivity index (χ0n) is 12.0. The van der Waals surface area contributed by atoms with Crippen LogP contribution in [0.3, 0.4) is 0 Å². The van der Waals surface area contributed by atoms with Crippen LogP contribution in [0.4, 0.5) is 0 Å². The third-order valence-corrected chi connectivity index (χ3v) is 3.51. The molecule has 104 valence electrons. The van der Waals surface area contributed by atoms with Crippen LogP contribution in [0.25, 0.3) is 11.1 Å². The molecule has 0 atom stereocenters. The van der Waals surface area contributed by atoms with Crippen LogP contribution in [0.5, 0.6) is 5.75 Å². The topological polar surface area (TPSA) is 22.1 Å². The van der Waals surface area contributed by atoms with Gasteiger partial charge in [0.2, 0.25) is 0 Å². The largest absolute Gasteiger partial charge is 0.497 e. The lowest BCUT2D eigenvalue weighted by Gasteiger charge is -2.06. The van der Waals surface area contributed by atoms with Gasteiger partial charge in [-0.15, -0.1) is 0 Å². The summed E-state index contributed by atoms with van der Waals surface area (Å²) in [6.45, 7) is 0. The Morgan fingerprint density at radius 3 is 2.24 bits per heavy atom. The summed E-state index contributed by atoms with van der Waals surface area (Å²) in [6, 6.07) is 20.9. The Hall–Kier alpha value is -2.61. The van der Waals surface area contributed by atoms with Gasteiger partial charge in [0.15, 0.2) is 0 Å². The smallest absolute Gasteiger partial charge is 0.119 e. The lowest BCUT2D eigenvalue weighted by molar-refractivity contribution is 0.415. The molecular weight excluding hydrogens is 258 g/mol. The number of aromatic nitrogens is 1. The van der Waals surface area contributed by atoms with Crippen molar-refractivity contribution >= 4 is 0 Å². The second-order valence-electron chi connectivity index (χ2n) is 4.96. The molecular formula is C19H17NO. The maximum absolute atomic E-state index is 5.27. The molecule has 0 unspecified atom stereocenters. The summed E-state index contributed by atoms with van der Waals surface area (Å²) in [5.74, 6) is 0.883. The first-order chi connectivity index (χ1) is 10.3. The highest BCUT2D eigenvalue weighted by Crippen LogP contribution is 2.24. The van der Waals surface area contributed by atoms with Crippen LogP contribution in [-0.4, -0.2) is 12.1 Å². The Labute approximate surface area is 125 Å². The number of rotatable bonds is 4. The summed E-state index contributed by atoms with van der Waals surface area (Å²) in [4.78, 5) is 4.05. The van der Waals surface area contributed by atoms with Crippen molar-refractivity contribution < 1.29 is 4.74 Å². The normalized spacial score (nSPS) is 10.3. The average molecular weight is 275 g/mol. The second kappa shape index (κ2) is 6.23. The van der Waals surface area contributed by atoms with E-state index in [1.165, 1.54) is 22.3 Å². The summed E-state index contributed by atoms with van der Waals surface area (Å²) in [6.07, 6.45) is 4.60. The van der Waals surface area contributed by atoms with Crippen LogP contribution >= 0.6 is 0 Å². The van der Waals surface area contributed by atoms with E-state index >= 15 is 0 Å². The van der Waals surface area contributed by atoms with Gasteiger partial charge >= 0.3 is 0 Å². The van der Waals surface area contributed by atoms with Gasteiger partial charge in [0, 0.05) is 12.4 Å². The van der Waals surface area contributed by atoms with Crippen molar-refractivity contribution in [3.63, 3.8) is 0 Å². The van der Waals surface area contributed by atoms with E-state index in [0.717, 1.165) is 12.2 Å². The highest BCUT2D eigenvalue weighted by Gasteiger charge is 2.01. The molecule has 0 aliphatic rings. The number of pyridine rings is 1. The molecule has 0 radical (unpaired) electrons. The first kappa shape index (κ1) is 13.4. The number of benzene rings is 2. The van der Waals surface area contributed by atoms with Crippen molar-refractivity contribution in [2.24, 2.45) is 0 Å². The molecule has 0 bridgehead atoms. The zero-order chi connectivity index (χ0) is 14.5. The zero-order valence-corrected chi connectivity index (χ0v) is 12.0. The monoisotopic (exact) mass is 275 g/mol. The second-order valence-corrected chi connectivity index (χ2v) is 4.96. The quantitative estimate of drug-likeness (QED) is 0.706. The predicted molar refractivity (Wildman–Crippen MR) is 85.5 cm³/mol. The van der Waals surface area contributed by atoms with Gasteiger partial charge < -0.3 is 4.74 Å². The number of hydrogen-bond acceptors (Lipinski definition) is 2. The fourth-order valence-corrected chi connectivity index (χ4v) is 2.35. The third-order valence-electron chi connectivity index (χ3n) is 3.51. The SMILES string of the molecule is COc1cccc(-c2ccc(Cc3ccncc3)cc2)c1. The molecule has 3 aromatic rings. The van der Waals surface area contributed by atoms with Crippen molar-refractivity contribution in [1.29, 1.82) is 0 Å². The molecule has 1 aromatic heterocycles. The number of hydrogen-bond donors (Lipinski definition) is 0. The fraction of sp³-hybridized carbons (Fsp3) is 0.105. The van der Waals surface area contributed by atoms with Crippen LogP contribution in [0.15, 0.2) is 73.1 Å². The summed E-state index contributed by atoms with van der Waals surface area (Å²) < 4.78 is 5.27. The Morgan fingerprint density at radius 1 is 0.810 bits per heavy atom. The standard InChI is InChI=1S/C19H17NO/c1-21-19-4-2-3-18(14-19)17-7-5-15(6-8-17)13-16-9-11-20-12-10-16/h2-12,14H,13H2,1H3. The van der Waals surface area contributed by atoms with Gasteiger partial charge in [-0.1, -0.05) is 36.4 Å². The molecule has 0 fully saturated rings. The predicted octanol–water partition coefficient (Wildman–Crippen LogP) is 4.35. The third kappa shape index (κ3) is 3.29. The molecule has 0 saturated carbocycles. The molecule has 0 aliphatic heterocycles. The van der Waals surface area contributed by atoms with Gasteiger partial charge in [0.05, 0.1) is 7.11 Å². The highest BCUT2D eigenvalue weighted by atomic mass is 16.5. The first-order valence-corrected chi connectivity index (χ1v) is 6.97. The van der Waals surface area contributed by atoms with Crippen LogP contribution < -0.4 is 4.74 Å². The molecule has 2 heteroatoms. The van der Waals surface area contributed by atoms with Crippen molar-refractivity contribution in [3.8, 4) is 16.9 Å². The first-order valence-electron chi connectivity index (χ1n) is 6.97. The number of nitrogens with zero attached hydrogens (tertiary/aromatic N) is 1. The Bertz CT molecular complexity index is 705. The maximum Gasteiger partial charge on any atom is 0.119 e. The Balaban J connectivity index is 1.80. The van der Waals surface area contributed by atoms with Crippen molar-refractivity contribution in [3.05, 3.63) is 84.2 Å². The van der Waals surface area contributed by atoms with Crippen molar-refractivity contribution in [1.82, 2.24) is 4.98 Å². The Morgan fingerprint density at radius 2 is 1.52 bits per heavy atom. The van der Waals surface area contributed by atoms with Gasteiger partial charge in [0.25, 0.3) is 0 Å². The minimum absolute atomic E-state index is 0.883. The fourth-order valence-electron chi connectivity index (χ4n) is 2.35. The van der Waals surface area contributed by atoms with Crippen LogP contribution in [-0.2, 0) is 6.42 Å². The van der Waals surface area contributed by atoms with Gasteiger partial charge in [0.1, 0.15) is 5.75 Å². The highest BCUT2D eigenvalue weighted by molar-refractivity contribution is 5.65. The van der Waals surface area contributed by atoms with Crippen LogP contribution in [0, 0.1) is 0 Å². The maximum atomic E-state index is 5.27. The lowest BCUT2D eigenvalue weighted by Crippen LogP contribution is -1.89. The van der Waals surface area contributed by atoms with Crippen molar-refractivity contribution in [2.75, 3.05) is 7.11 Å². The minimum atomic E-state index is 0.883. The molecule has 2 aromatic carbocycles. The molecule has 1 heterocycles. The van der Waals surface area contributed by atoms with Gasteiger partial charge in [-0.25, -0.2) is 0 Å². The van der Waals surface area contributed by atoms with Gasteiger partial charge in [-0.05, 0) is 52.9 Å². The van der Waals surface area contributed by atoms with E-state index in [1.54, 1.807) is 7.11 Å². The minimum Gasteiger partial charge on any atom is -0.497 e. The molecule has 0 spiro atoms. The average Bonchev–Trinajstić information content (AvgIpc) is 2.56. The number of ether oxygens (including phenoxy) is 1. The number of methoxy groups -OCH3 is 1. The molecule has 3 rings (SSSR count). The lowest BCUT2D eigenvalue weighted by atomic mass is 10.0. The van der Waals surface area contributed by atoms with Gasteiger partial charge in [-0.3, -0.25) is 4.98 Å². The van der Waals surface area contributed by atoms with E-state index < -0.39 is 0 Å². The van der Waals surface area contributed by atoms with E-state index in [9.17, 15) is 0 Å². The van der Waals surface area contributed by atoms with E-state index in [4.69, 9.17) is 4.74 Å². The van der Waals surface area contributed by atoms with E-state index in [0.29, 0.717) is 0 Å². The van der Waals surface area contributed by atoms with E-state index in [-0.39, 0.29) is 0 Å².